The molecular formula is C21H14ClN3O4. The molecule has 1 amide bonds. The highest BCUT2D eigenvalue weighted by molar-refractivity contribution is 6.33. The normalized spacial score (nSPS) is 11.0. The number of amides is 1. The van der Waals surface area contributed by atoms with E-state index in [0.717, 1.165) is 5.56 Å². The number of carbonyl (C=O) groups is 1. The molecule has 8 heteroatoms. The van der Waals surface area contributed by atoms with E-state index in [-0.39, 0.29) is 27.8 Å². The van der Waals surface area contributed by atoms with Gasteiger partial charge in [0.2, 0.25) is 0 Å². The fourth-order valence-electron chi connectivity index (χ4n) is 2.58. The van der Waals surface area contributed by atoms with Crippen LogP contribution in [0.25, 0.3) is 17.4 Å². The standard InChI is InChI=1S/C21H14ClN3O4/c1-13-4-2-3-5-19(13)24-21(26)14(12-23)10-16-7-9-20(29-16)17-11-15(25(27)28)6-8-18(17)22/h2-11H,1H3,(H,24,26). The molecule has 0 fully saturated rings. The van der Waals surface area contributed by atoms with Crippen LogP contribution in [0.15, 0.2) is 64.6 Å². The SMILES string of the molecule is Cc1ccccc1NC(=O)C(C#N)=Cc1ccc(-c2cc([N+](=O)[O-])ccc2Cl)o1. The van der Waals surface area contributed by atoms with Crippen molar-refractivity contribution in [2.24, 2.45) is 0 Å². The van der Waals surface area contributed by atoms with Crippen LogP contribution in [-0.4, -0.2) is 10.8 Å². The Labute approximate surface area is 171 Å². The molecule has 1 N–H and O–H groups in total. The van der Waals surface area contributed by atoms with Crippen molar-refractivity contribution in [3.05, 3.63) is 86.6 Å². The summed E-state index contributed by atoms with van der Waals surface area (Å²) in [7, 11) is 0. The van der Waals surface area contributed by atoms with Crippen LogP contribution in [0.4, 0.5) is 11.4 Å². The third-order valence-electron chi connectivity index (χ3n) is 4.10. The van der Waals surface area contributed by atoms with Gasteiger partial charge in [0.05, 0.1) is 9.95 Å². The van der Waals surface area contributed by atoms with E-state index in [0.29, 0.717) is 11.3 Å². The van der Waals surface area contributed by atoms with Gasteiger partial charge in [0, 0.05) is 29.5 Å². The first-order chi connectivity index (χ1) is 13.9. The number of non-ortho nitro benzene ring substituents is 1. The second-order valence-corrected chi connectivity index (χ2v) is 6.47. The Morgan fingerprint density at radius 1 is 1.24 bits per heavy atom. The number of nitriles is 1. The van der Waals surface area contributed by atoms with Gasteiger partial charge in [0.15, 0.2) is 0 Å². The van der Waals surface area contributed by atoms with Gasteiger partial charge < -0.3 is 9.73 Å². The number of rotatable bonds is 5. The molecule has 0 saturated carbocycles. The summed E-state index contributed by atoms with van der Waals surface area (Å²) in [5, 5.41) is 23.3. The van der Waals surface area contributed by atoms with E-state index in [1.54, 1.807) is 24.3 Å². The molecule has 1 aromatic heterocycles. The molecular weight excluding hydrogens is 394 g/mol. The number of aryl methyl sites for hydroxylation is 1. The highest BCUT2D eigenvalue weighted by Gasteiger charge is 2.16. The second-order valence-electron chi connectivity index (χ2n) is 6.06. The predicted molar refractivity (Wildman–Crippen MR) is 109 cm³/mol. The number of anilines is 1. The molecule has 0 radical (unpaired) electrons. The summed E-state index contributed by atoms with van der Waals surface area (Å²) in [6.07, 6.45) is 1.29. The van der Waals surface area contributed by atoms with Crippen LogP contribution in [0.2, 0.25) is 5.02 Å². The summed E-state index contributed by atoms with van der Waals surface area (Å²) in [6.45, 7) is 1.84. The minimum absolute atomic E-state index is 0.131. The smallest absolute Gasteiger partial charge is 0.270 e. The number of hydrogen-bond donors (Lipinski definition) is 1. The van der Waals surface area contributed by atoms with Crippen molar-refractivity contribution in [1.82, 2.24) is 0 Å². The minimum Gasteiger partial charge on any atom is -0.457 e. The van der Waals surface area contributed by atoms with Gasteiger partial charge in [-0.2, -0.15) is 5.26 Å². The maximum atomic E-state index is 12.4. The highest BCUT2D eigenvalue weighted by atomic mass is 35.5. The molecule has 0 aliphatic rings. The van der Waals surface area contributed by atoms with Gasteiger partial charge in [-0.3, -0.25) is 14.9 Å². The van der Waals surface area contributed by atoms with E-state index < -0.39 is 10.8 Å². The average Bonchev–Trinajstić information content (AvgIpc) is 3.16. The number of nitro groups is 1. The van der Waals surface area contributed by atoms with Gasteiger partial charge >= 0.3 is 0 Å². The lowest BCUT2D eigenvalue weighted by molar-refractivity contribution is -0.384. The second kappa shape index (κ2) is 8.42. The molecule has 29 heavy (non-hydrogen) atoms. The van der Waals surface area contributed by atoms with Gasteiger partial charge in [-0.15, -0.1) is 0 Å². The molecule has 2 aromatic carbocycles. The fraction of sp³-hybridized carbons (Fsp3) is 0.0476. The van der Waals surface area contributed by atoms with Gasteiger partial charge in [-0.1, -0.05) is 29.8 Å². The van der Waals surface area contributed by atoms with Crippen LogP contribution in [0.3, 0.4) is 0 Å². The Morgan fingerprint density at radius 3 is 2.69 bits per heavy atom. The van der Waals surface area contributed by atoms with E-state index >= 15 is 0 Å². The third kappa shape index (κ3) is 4.51. The van der Waals surface area contributed by atoms with Crippen molar-refractivity contribution in [2.45, 2.75) is 6.92 Å². The highest BCUT2D eigenvalue weighted by Crippen LogP contribution is 2.33. The summed E-state index contributed by atoms with van der Waals surface area (Å²) in [5.41, 5.74) is 1.51. The van der Waals surface area contributed by atoms with E-state index in [4.69, 9.17) is 16.0 Å². The summed E-state index contributed by atoms with van der Waals surface area (Å²) in [5.74, 6) is -0.0614. The molecule has 0 aliphatic heterocycles. The predicted octanol–water partition coefficient (Wildman–Crippen LogP) is 5.36. The van der Waals surface area contributed by atoms with Crippen molar-refractivity contribution in [1.29, 1.82) is 5.26 Å². The zero-order valence-corrected chi connectivity index (χ0v) is 15.9. The van der Waals surface area contributed by atoms with Gasteiger partial charge in [-0.05, 0) is 36.8 Å². The molecule has 0 saturated heterocycles. The first kappa shape index (κ1) is 19.9. The number of nitrogens with one attached hydrogen (secondary N) is 1. The zero-order chi connectivity index (χ0) is 21.0. The maximum Gasteiger partial charge on any atom is 0.270 e. The average molecular weight is 408 g/mol. The molecule has 0 spiro atoms. The number of halogens is 1. The largest absolute Gasteiger partial charge is 0.457 e. The number of nitro benzene ring substituents is 1. The van der Waals surface area contributed by atoms with E-state index in [1.807, 2.05) is 25.1 Å². The van der Waals surface area contributed by atoms with E-state index in [2.05, 4.69) is 5.32 Å². The Kier molecular flexibility index (Phi) is 5.77. The van der Waals surface area contributed by atoms with Crippen LogP contribution in [0, 0.1) is 28.4 Å². The zero-order valence-electron chi connectivity index (χ0n) is 15.2. The molecule has 3 rings (SSSR count). The lowest BCUT2D eigenvalue weighted by atomic mass is 10.1. The van der Waals surface area contributed by atoms with Crippen molar-refractivity contribution in [2.75, 3.05) is 5.32 Å². The third-order valence-corrected chi connectivity index (χ3v) is 4.43. The van der Waals surface area contributed by atoms with Crippen molar-refractivity contribution in [3.63, 3.8) is 0 Å². The Bertz CT molecular complexity index is 1170. The lowest BCUT2D eigenvalue weighted by Gasteiger charge is -2.06. The summed E-state index contributed by atoms with van der Waals surface area (Å²) in [4.78, 5) is 22.9. The van der Waals surface area contributed by atoms with Crippen LogP contribution >= 0.6 is 11.6 Å². The molecule has 0 bridgehead atoms. The topological polar surface area (TPSA) is 109 Å². The summed E-state index contributed by atoms with van der Waals surface area (Å²) < 4.78 is 5.63. The number of hydrogen-bond acceptors (Lipinski definition) is 5. The van der Waals surface area contributed by atoms with Crippen LogP contribution in [-0.2, 0) is 4.79 Å². The van der Waals surface area contributed by atoms with Crippen LogP contribution < -0.4 is 5.32 Å². The molecule has 7 nitrogen and oxygen atoms in total. The number of nitrogens with zero attached hydrogens (tertiary/aromatic N) is 2. The number of para-hydroxylation sites is 1. The first-order valence-corrected chi connectivity index (χ1v) is 8.80. The van der Waals surface area contributed by atoms with Gasteiger partial charge in [0.1, 0.15) is 23.2 Å². The van der Waals surface area contributed by atoms with Crippen molar-refractivity contribution >= 4 is 35.0 Å². The van der Waals surface area contributed by atoms with Crippen molar-refractivity contribution < 1.29 is 14.1 Å². The Hall–Kier alpha value is -3.89. The molecule has 1 heterocycles. The van der Waals surface area contributed by atoms with E-state index in [1.165, 1.54) is 24.3 Å². The summed E-state index contributed by atoms with van der Waals surface area (Å²) in [6, 6.07) is 16.1. The fourth-order valence-corrected chi connectivity index (χ4v) is 2.80. The molecule has 0 unspecified atom stereocenters. The monoisotopic (exact) mass is 407 g/mol. The van der Waals surface area contributed by atoms with Crippen LogP contribution in [0.5, 0.6) is 0 Å². The van der Waals surface area contributed by atoms with Gasteiger partial charge in [0.25, 0.3) is 11.6 Å². The quantitative estimate of drug-likeness (QED) is 0.265. The molecule has 144 valence electrons. The lowest BCUT2D eigenvalue weighted by Crippen LogP contribution is -2.14. The number of benzene rings is 2. The Morgan fingerprint density at radius 2 is 2.00 bits per heavy atom. The first-order valence-electron chi connectivity index (χ1n) is 8.42. The number of carbonyl (C=O) groups excluding carboxylic acids is 1. The Balaban J connectivity index is 1.87. The number of furan rings is 1. The molecule has 0 atom stereocenters. The minimum atomic E-state index is -0.576. The van der Waals surface area contributed by atoms with Gasteiger partial charge in [-0.25, -0.2) is 0 Å². The van der Waals surface area contributed by atoms with Crippen molar-refractivity contribution in [3.8, 4) is 17.4 Å². The summed E-state index contributed by atoms with van der Waals surface area (Å²) >= 11 is 6.12. The molecule has 3 aromatic rings. The molecule has 0 aliphatic carbocycles. The van der Waals surface area contributed by atoms with E-state index in [9.17, 15) is 20.2 Å². The van der Waals surface area contributed by atoms with Crippen LogP contribution in [0.1, 0.15) is 11.3 Å². The maximum absolute atomic E-state index is 12.4.